The fourth-order valence-electron chi connectivity index (χ4n) is 2.65. The average molecular weight is 334 g/mol. The molecule has 24 heavy (non-hydrogen) atoms. The number of rotatable bonds is 1. The Morgan fingerprint density at radius 2 is 1.83 bits per heavy atom. The molecule has 1 aliphatic rings. The lowest BCUT2D eigenvalue weighted by atomic mass is 9.94. The Hall–Kier alpha value is -2.04. The van der Waals surface area contributed by atoms with E-state index in [9.17, 15) is 9.59 Å². The van der Waals surface area contributed by atoms with Crippen LogP contribution in [0.2, 0.25) is 0 Å². The van der Waals surface area contributed by atoms with Crippen LogP contribution in [0.1, 0.15) is 58.2 Å². The maximum absolute atomic E-state index is 12.2. The first-order valence-electron chi connectivity index (χ1n) is 8.54. The number of hydrogen-bond acceptors (Lipinski definition) is 3. The van der Waals surface area contributed by atoms with Crippen LogP contribution in [0.25, 0.3) is 0 Å². The summed E-state index contributed by atoms with van der Waals surface area (Å²) in [5, 5.41) is 2.84. The molecule has 2 amide bonds. The van der Waals surface area contributed by atoms with Crippen molar-refractivity contribution in [2.75, 3.05) is 11.9 Å². The standard InChI is InChI=1S/C17H24N2O3.C2H6/c1-11-14-8-9-19(16(21)22-17(3,4)5)10-13(14)6-7-15(11)18-12(2)20;1-2/h6-7H,8-10H2,1-5H3,(H,18,20);1-2H3. The van der Waals surface area contributed by atoms with Crippen molar-refractivity contribution in [3.05, 3.63) is 28.8 Å². The molecule has 0 radical (unpaired) electrons. The summed E-state index contributed by atoms with van der Waals surface area (Å²) in [5.74, 6) is -0.0748. The predicted octanol–water partition coefficient (Wildman–Crippen LogP) is 4.27. The summed E-state index contributed by atoms with van der Waals surface area (Å²) in [5.41, 5.74) is 3.77. The lowest BCUT2D eigenvalue weighted by Gasteiger charge is -2.32. The summed E-state index contributed by atoms with van der Waals surface area (Å²) in [6.07, 6.45) is 0.495. The van der Waals surface area contributed by atoms with Gasteiger partial charge in [-0.25, -0.2) is 4.79 Å². The molecular weight excluding hydrogens is 304 g/mol. The zero-order valence-electron chi connectivity index (χ0n) is 15.9. The number of hydrogen-bond donors (Lipinski definition) is 1. The van der Waals surface area contributed by atoms with Gasteiger partial charge in [0.25, 0.3) is 0 Å². The molecule has 0 aliphatic carbocycles. The first-order valence-corrected chi connectivity index (χ1v) is 8.54. The summed E-state index contributed by atoms with van der Waals surface area (Å²) >= 11 is 0. The molecule has 1 N–H and O–H groups in total. The van der Waals surface area contributed by atoms with Crippen LogP contribution < -0.4 is 5.32 Å². The van der Waals surface area contributed by atoms with E-state index in [1.807, 2.05) is 53.7 Å². The molecule has 0 fully saturated rings. The van der Waals surface area contributed by atoms with Gasteiger partial charge >= 0.3 is 6.09 Å². The van der Waals surface area contributed by atoms with Gasteiger partial charge in [0, 0.05) is 25.7 Å². The molecule has 1 heterocycles. The maximum Gasteiger partial charge on any atom is 0.410 e. The molecule has 0 spiro atoms. The van der Waals surface area contributed by atoms with Crippen LogP contribution in [0.5, 0.6) is 0 Å². The van der Waals surface area contributed by atoms with Crippen LogP contribution in [-0.4, -0.2) is 29.0 Å². The first kappa shape index (κ1) is 20.0. The van der Waals surface area contributed by atoms with Crippen molar-refractivity contribution < 1.29 is 14.3 Å². The van der Waals surface area contributed by atoms with Crippen molar-refractivity contribution in [1.82, 2.24) is 4.90 Å². The number of ether oxygens (including phenoxy) is 1. The quantitative estimate of drug-likeness (QED) is 0.834. The van der Waals surface area contributed by atoms with Crippen molar-refractivity contribution in [2.24, 2.45) is 0 Å². The van der Waals surface area contributed by atoms with Gasteiger partial charge in [0.05, 0.1) is 0 Å². The lowest BCUT2D eigenvalue weighted by molar-refractivity contribution is -0.114. The third-order valence-electron chi connectivity index (χ3n) is 3.65. The first-order chi connectivity index (χ1) is 11.2. The van der Waals surface area contributed by atoms with Crippen LogP contribution in [-0.2, 0) is 22.5 Å². The minimum atomic E-state index is -0.484. The second kappa shape index (κ2) is 8.18. The van der Waals surface area contributed by atoms with E-state index in [0.29, 0.717) is 13.1 Å². The highest BCUT2D eigenvalue weighted by Crippen LogP contribution is 2.28. The van der Waals surface area contributed by atoms with Gasteiger partial charge in [-0.05, 0) is 56.9 Å². The molecule has 0 aromatic heterocycles. The molecule has 0 bridgehead atoms. The van der Waals surface area contributed by atoms with Gasteiger partial charge in [-0.3, -0.25) is 4.79 Å². The van der Waals surface area contributed by atoms with Crippen LogP contribution in [0, 0.1) is 6.92 Å². The number of nitrogens with zero attached hydrogens (tertiary/aromatic N) is 1. The van der Waals surface area contributed by atoms with Crippen LogP contribution in [0.15, 0.2) is 12.1 Å². The highest BCUT2D eigenvalue weighted by molar-refractivity contribution is 5.89. The van der Waals surface area contributed by atoms with Gasteiger partial charge in [0.15, 0.2) is 0 Å². The molecule has 5 nitrogen and oxygen atoms in total. The largest absolute Gasteiger partial charge is 0.444 e. The number of carbonyl (C=O) groups is 2. The number of anilines is 1. The topological polar surface area (TPSA) is 58.6 Å². The van der Waals surface area contributed by atoms with E-state index in [4.69, 9.17) is 4.74 Å². The van der Waals surface area contributed by atoms with Crippen molar-refractivity contribution in [3.8, 4) is 0 Å². The van der Waals surface area contributed by atoms with Gasteiger partial charge in [-0.2, -0.15) is 0 Å². The van der Waals surface area contributed by atoms with E-state index < -0.39 is 5.60 Å². The van der Waals surface area contributed by atoms with Gasteiger partial charge in [-0.15, -0.1) is 0 Å². The Morgan fingerprint density at radius 1 is 1.21 bits per heavy atom. The zero-order valence-corrected chi connectivity index (χ0v) is 15.9. The molecule has 1 aliphatic heterocycles. The Kier molecular flexibility index (Phi) is 6.81. The van der Waals surface area contributed by atoms with E-state index in [-0.39, 0.29) is 12.0 Å². The Bertz CT molecular complexity index is 603. The van der Waals surface area contributed by atoms with Crippen molar-refractivity contribution >= 4 is 17.7 Å². The number of nitrogens with one attached hydrogen (secondary N) is 1. The van der Waals surface area contributed by atoms with Gasteiger partial charge in [0.2, 0.25) is 5.91 Å². The van der Waals surface area contributed by atoms with Gasteiger partial charge < -0.3 is 15.0 Å². The highest BCUT2D eigenvalue weighted by atomic mass is 16.6. The zero-order chi connectivity index (χ0) is 18.5. The molecule has 0 saturated heterocycles. The lowest BCUT2D eigenvalue weighted by Crippen LogP contribution is -2.40. The second-order valence-electron chi connectivity index (χ2n) is 6.71. The third kappa shape index (κ3) is 5.25. The molecule has 0 saturated carbocycles. The van der Waals surface area contributed by atoms with E-state index in [0.717, 1.165) is 23.2 Å². The number of benzene rings is 1. The maximum atomic E-state index is 12.2. The number of amides is 2. The van der Waals surface area contributed by atoms with Gasteiger partial charge in [-0.1, -0.05) is 19.9 Å². The minimum Gasteiger partial charge on any atom is -0.444 e. The van der Waals surface area contributed by atoms with Gasteiger partial charge in [0.1, 0.15) is 5.60 Å². The van der Waals surface area contributed by atoms with Crippen LogP contribution >= 0.6 is 0 Å². The normalized spacial score (nSPS) is 13.4. The highest BCUT2D eigenvalue weighted by Gasteiger charge is 2.26. The second-order valence-corrected chi connectivity index (χ2v) is 6.71. The summed E-state index contributed by atoms with van der Waals surface area (Å²) in [7, 11) is 0. The summed E-state index contributed by atoms with van der Waals surface area (Å²) < 4.78 is 5.43. The fourth-order valence-corrected chi connectivity index (χ4v) is 2.65. The molecule has 2 rings (SSSR count). The smallest absolute Gasteiger partial charge is 0.410 e. The molecule has 1 aromatic rings. The van der Waals surface area contributed by atoms with E-state index >= 15 is 0 Å². The molecule has 5 heteroatoms. The monoisotopic (exact) mass is 334 g/mol. The fraction of sp³-hybridized carbons (Fsp3) is 0.579. The molecule has 0 atom stereocenters. The molecule has 0 unspecified atom stereocenters. The molecule has 1 aromatic carbocycles. The Morgan fingerprint density at radius 3 is 2.38 bits per heavy atom. The molecule has 134 valence electrons. The van der Waals surface area contributed by atoms with Crippen LogP contribution in [0.3, 0.4) is 0 Å². The van der Waals surface area contributed by atoms with Crippen LogP contribution in [0.4, 0.5) is 10.5 Å². The average Bonchev–Trinajstić information content (AvgIpc) is 2.50. The summed E-state index contributed by atoms with van der Waals surface area (Å²) in [6, 6.07) is 3.87. The number of fused-ring (bicyclic) bond motifs is 1. The van der Waals surface area contributed by atoms with Crippen molar-refractivity contribution in [1.29, 1.82) is 0 Å². The van der Waals surface area contributed by atoms with Crippen molar-refractivity contribution in [2.45, 2.75) is 67.0 Å². The predicted molar refractivity (Wildman–Crippen MR) is 97.2 cm³/mol. The molecular formula is C19H30N2O3. The summed E-state index contributed by atoms with van der Waals surface area (Å²) in [4.78, 5) is 25.1. The Labute approximate surface area is 145 Å². The Balaban J connectivity index is 0.00000139. The van der Waals surface area contributed by atoms with E-state index in [1.54, 1.807) is 4.90 Å². The van der Waals surface area contributed by atoms with Crippen molar-refractivity contribution in [3.63, 3.8) is 0 Å². The SMILES string of the molecule is CC.CC(=O)Nc1ccc2c(c1C)CCN(C(=O)OC(C)(C)C)C2. The third-order valence-corrected chi connectivity index (χ3v) is 3.65. The minimum absolute atomic E-state index is 0.0748. The number of carbonyl (C=O) groups excluding carboxylic acids is 2. The van der Waals surface area contributed by atoms with E-state index in [2.05, 4.69) is 5.32 Å². The van der Waals surface area contributed by atoms with E-state index in [1.165, 1.54) is 12.5 Å². The summed E-state index contributed by atoms with van der Waals surface area (Å²) in [6.45, 7) is 14.3.